The second kappa shape index (κ2) is 7.43. The maximum atomic E-state index is 10.3. The second-order valence-corrected chi connectivity index (χ2v) is 4.06. The second-order valence-electron chi connectivity index (χ2n) is 4.06. The zero-order valence-electron chi connectivity index (χ0n) is 9.95. The van der Waals surface area contributed by atoms with Gasteiger partial charge in [-0.2, -0.15) is 0 Å². The lowest BCUT2D eigenvalue weighted by Crippen LogP contribution is -2.46. The number of primary amides is 1. The molecule has 0 aromatic rings. The molecular formula is C10H22N4O2. The zero-order valence-corrected chi connectivity index (χ0v) is 9.95. The van der Waals surface area contributed by atoms with E-state index in [1.165, 1.54) is 0 Å². The third-order valence-electron chi connectivity index (χ3n) is 2.72. The maximum absolute atomic E-state index is 10.3. The van der Waals surface area contributed by atoms with E-state index in [0.717, 1.165) is 39.3 Å². The number of piperazine rings is 1. The molecule has 1 aliphatic heterocycles. The number of carbonyl (C=O) groups is 1. The van der Waals surface area contributed by atoms with Crippen molar-refractivity contribution in [2.24, 2.45) is 5.73 Å². The molecule has 0 aromatic carbocycles. The lowest BCUT2D eigenvalue weighted by atomic mass is 10.3. The van der Waals surface area contributed by atoms with Crippen molar-refractivity contribution in [1.82, 2.24) is 15.1 Å². The average Bonchev–Trinajstić information content (AvgIpc) is 2.25. The van der Waals surface area contributed by atoms with E-state index in [9.17, 15) is 4.79 Å². The predicted molar refractivity (Wildman–Crippen MR) is 62.3 cm³/mol. The van der Waals surface area contributed by atoms with Gasteiger partial charge >= 0.3 is 6.09 Å². The topological polar surface area (TPSA) is 70.8 Å². The van der Waals surface area contributed by atoms with Crippen LogP contribution in [0.15, 0.2) is 0 Å². The van der Waals surface area contributed by atoms with Gasteiger partial charge in [-0.1, -0.05) is 0 Å². The van der Waals surface area contributed by atoms with Crippen LogP contribution in [0.1, 0.15) is 0 Å². The van der Waals surface area contributed by atoms with Gasteiger partial charge in [0.1, 0.15) is 6.61 Å². The highest BCUT2D eigenvalue weighted by Crippen LogP contribution is 1.97. The van der Waals surface area contributed by atoms with Gasteiger partial charge in [0.25, 0.3) is 0 Å². The normalized spacial score (nSPS) is 18.6. The first-order valence-electron chi connectivity index (χ1n) is 5.72. The van der Waals surface area contributed by atoms with Crippen molar-refractivity contribution >= 4 is 6.09 Å². The molecule has 1 aliphatic rings. The molecule has 0 radical (unpaired) electrons. The Balaban J connectivity index is 1.89. The van der Waals surface area contributed by atoms with Gasteiger partial charge in [-0.3, -0.25) is 4.90 Å². The monoisotopic (exact) mass is 230 g/mol. The first-order chi connectivity index (χ1) is 7.68. The number of nitrogens with two attached hydrogens (primary N) is 1. The molecule has 1 rings (SSSR count). The lowest BCUT2D eigenvalue weighted by molar-refractivity contribution is 0.148. The molecule has 1 amide bonds. The van der Waals surface area contributed by atoms with Crippen LogP contribution in [0.5, 0.6) is 0 Å². The van der Waals surface area contributed by atoms with Gasteiger partial charge in [0, 0.05) is 45.8 Å². The molecule has 0 aliphatic carbocycles. The Morgan fingerprint density at radius 1 is 1.31 bits per heavy atom. The highest BCUT2D eigenvalue weighted by molar-refractivity contribution is 5.64. The summed E-state index contributed by atoms with van der Waals surface area (Å²) < 4.78 is 4.60. The van der Waals surface area contributed by atoms with Crippen molar-refractivity contribution < 1.29 is 9.53 Å². The molecule has 16 heavy (non-hydrogen) atoms. The van der Waals surface area contributed by atoms with Crippen LogP contribution >= 0.6 is 0 Å². The van der Waals surface area contributed by atoms with Crippen LogP contribution in [0.3, 0.4) is 0 Å². The van der Waals surface area contributed by atoms with E-state index in [2.05, 4.69) is 26.9 Å². The summed E-state index contributed by atoms with van der Waals surface area (Å²) in [5.74, 6) is 0. The molecule has 0 aromatic heterocycles. The molecule has 0 unspecified atom stereocenters. The van der Waals surface area contributed by atoms with Gasteiger partial charge in [-0.15, -0.1) is 0 Å². The first kappa shape index (κ1) is 13.2. The standard InChI is InChI=1S/C10H22N4O2/c1-13-5-7-14(8-6-13)4-2-12-3-9-16-10(11)15/h12H,2-9H2,1H3,(H2,11,15). The highest BCUT2D eigenvalue weighted by atomic mass is 16.5. The van der Waals surface area contributed by atoms with Crippen LogP contribution in [0, 0.1) is 0 Å². The number of ether oxygens (including phenoxy) is 1. The molecule has 1 fully saturated rings. The Bertz CT molecular complexity index is 205. The Hall–Kier alpha value is -0.850. The SMILES string of the molecule is CN1CCN(CCNCCOC(N)=O)CC1. The van der Waals surface area contributed by atoms with Gasteiger partial charge in [0.05, 0.1) is 0 Å². The van der Waals surface area contributed by atoms with Crippen LogP contribution in [0.4, 0.5) is 4.79 Å². The fraction of sp³-hybridized carbons (Fsp3) is 0.900. The summed E-state index contributed by atoms with van der Waals surface area (Å²) in [4.78, 5) is 15.0. The number of nitrogens with one attached hydrogen (secondary N) is 1. The van der Waals surface area contributed by atoms with Crippen molar-refractivity contribution in [3.8, 4) is 0 Å². The van der Waals surface area contributed by atoms with Crippen molar-refractivity contribution in [1.29, 1.82) is 0 Å². The van der Waals surface area contributed by atoms with Crippen LogP contribution in [0.25, 0.3) is 0 Å². The number of likely N-dealkylation sites (N-methyl/N-ethyl adjacent to an activating group) is 1. The smallest absolute Gasteiger partial charge is 0.404 e. The predicted octanol–water partition coefficient (Wildman–Crippen LogP) is -1.08. The molecule has 0 atom stereocenters. The van der Waals surface area contributed by atoms with E-state index in [-0.39, 0.29) is 0 Å². The fourth-order valence-electron chi connectivity index (χ4n) is 1.66. The van der Waals surface area contributed by atoms with Crippen molar-refractivity contribution in [3.63, 3.8) is 0 Å². The molecule has 0 bridgehead atoms. The van der Waals surface area contributed by atoms with Crippen LogP contribution in [0.2, 0.25) is 0 Å². The van der Waals surface area contributed by atoms with Crippen molar-refractivity contribution in [2.45, 2.75) is 0 Å². The quantitative estimate of drug-likeness (QED) is 0.568. The minimum absolute atomic E-state index is 0.345. The number of carbonyl (C=O) groups excluding carboxylic acids is 1. The molecular weight excluding hydrogens is 208 g/mol. The summed E-state index contributed by atoms with van der Waals surface area (Å²) in [6, 6.07) is 0. The molecule has 6 heteroatoms. The number of amides is 1. The van der Waals surface area contributed by atoms with Crippen LogP contribution < -0.4 is 11.1 Å². The van der Waals surface area contributed by atoms with E-state index in [4.69, 9.17) is 5.73 Å². The maximum Gasteiger partial charge on any atom is 0.404 e. The molecule has 0 spiro atoms. The average molecular weight is 230 g/mol. The molecule has 3 N–H and O–H groups in total. The summed E-state index contributed by atoms with van der Waals surface area (Å²) in [5, 5.41) is 3.21. The summed E-state index contributed by atoms with van der Waals surface area (Å²) in [5.41, 5.74) is 4.84. The molecule has 94 valence electrons. The Morgan fingerprint density at radius 2 is 2.00 bits per heavy atom. The fourth-order valence-corrected chi connectivity index (χ4v) is 1.66. The van der Waals surface area contributed by atoms with Gasteiger partial charge in [0.15, 0.2) is 0 Å². The Labute approximate surface area is 96.7 Å². The largest absolute Gasteiger partial charge is 0.448 e. The molecule has 0 saturated carbocycles. The Morgan fingerprint density at radius 3 is 2.62 bits per heavy atom. The van der Waals surface area contributed by atoms with Gasteiger partial charge in [-0.25, -0.2) is 4.79 Å². The van der Waals surface area contributed by atoms with E-state index in [1.807, 2.05) is 0 Å². The van der Waals surface area contributed by atoms with E-state index in [1.54, 1.807) is 0 Å². The van der Waals surface area contributed by atoms with Crippen LogP contribution in [-0.4, -0.2) is 75.4 Å². The minimum atomic E-state index is -0.708. The number of hydrogen-bond donors (Lipinski definition) is 2. The van der Waals surface area contributed by atoms with E-state index < -0.39 is 6.09 Å². The van der Waals surface area contributed by atoms with Gasteiger partial charge < -0.3 is 20.7 Å². The zero-order chi connectivity index (χ0) is 11.8. The van der Waals surface area contributed by atoms with Gasteiger partial charge in [0.2, 0.25) is 0 Å². The molecule has 1 saturated heterocycles. The molecule has 6 nitrogen and oxygen atoms in total. The van der Waals surface area contributed by atoms with Crippen molar-refractivity contribution in [2.75, 3.05) is 59.5 Å². The summed E-state index contributed by atoms with van der Waals surface area (Å²) in [6.07, 6.45) is -0.708. The summed E-state index contributed by atoms with van der Waals surface area (Å²) in [6.45, 7) is 7.53. The summed E-state index contributed by atoms with van der Waals surface area (Å²) in [7, 11) is 2.15. The van der Waals surface area contributed by atoms with E-state index >= 15 is 0 Å². The number of nitrogens with zero attached hydrogens (tertiary/aromatic N) is 2. The van der Waals surface area contributed by atoms with Gasteiger partial charge in [-0.05, 0) is 7.05 Å². The minimum Gasteiger partial charge on any atom is -0.448 e. The third-order valence-corrected chi connectivity index (χ3v) is 2.72. The first-order valence-corrected chi connectivity index (χ1v) is 5.72. The van der Waals surface area contributed by atoms with Crippen molar-refractivity contribution in [3.05, 3.63) is 0 Å². The molecule has 1 heterocycles. The van der Waals surface area contributed by atoms with E-state index in [0.29, 0.717) is 13.2 Å². The summed E-state index contributed by atoms with van der Waals surface area (Å²) >= 11 is 0. The Kier molecular flexibility index (Phi) is 6.14. The number of hydrogen-bond acceptors (Lipinski definition) is 5. The number of rotatable bonds is 6. The highest BCUT2D eigenvalue weighted by Gasteiger charge is 2.12. The lowest BCUT2D eigenvalue weighted by Gasteiger charge is -2.32. The van der Waals surface area contributed by atoms with Crippen LogP contribution in [-0.2, 0) is 4.74 Å². The third kappa shape index (κ3) is 5.89.